The number of hydrogen-bond donors (Lipinski definition) is 1. The van der Waals surface area contributed by atoms with Crippen molar-refractivity contribution in [1.82, 2.24) is 9.97 Å². The van der Waals surface area contributed by atoms with Crippen LogP contribution in [0.25, 0.3) is 11.0 Å². The fourth-order valence-electron chi connectivity index (χ4n) is 1.63. The molecule has 1 aromatic carbocycles. The van der Waals surface area contributed by atoms with E-state index in [-0.39, 0.29) is 5.78 Å². The van der Waals surface area contributed by atoms with Gasteiger partial charge in [0, 0.05) is 24.3 Å². The molecule has 0 atom stereocenters. The molecule has 3 nitrogen and oxygen atoms in total. The van der Waals surface area contributed by atoms with Crippen LogP contribution in [-0.4, -0.2) is 21.6 Å². The number of fused-ring (bicyclic) bond motifs is 1. The summed E-state index contributed by atoms with van der Waals surface area (Å²) >= 11 is 5.55. The van der Waals surface area contributed by atoms with Gasteiger partial charge in [-0.05, 0) is 18.2 Å². The van der Waals surface area contributed by atoms with Crippen molar-refractivity contribution in [3.05, 3.63) is 29.6 Å². The first-order valence-electron chi connectivity index (χ1n) is 5.32. The summed E-state index contributed by atoms with van der Waals surface area (Å²) in [4.78, 5) is 19.2. The van der Waals surface area contributed by atoms with Crippen LogP contribution in [0.4, 0.5) is 0 Å². The third kappa shape index (κ3) is 2.09. The van der Waals surface area contributed by atoms with Gasteiger partial charge in [-0.3, -0.25) is 4.79 Å². The van der Waals surface area contributed by atoms with Crippen LogP contribution in [0.3, 0.4) is 0 Å². The molecule has 16 heavy (non-hydrogen) atoms. The highest BCUT2D eigenvalue weighted by Crippen LogP contribution is 2.15. The van der Waals surface area contributed by atoms with Gasteiger partial charge in [-0.15, -0.1) is 11.6 Å². The van der Waals surface area contributed by atoms with E-state index in [0.717, 1.165) is 23.3 Å². The molecule has 0 aliphatic carbocycles. The molecular formula is C12H13ClN2O. The van der Waals surface area contributed by atoms with Gasteiger partial charge in [-0.25, -0.2) is 4.98 Å². The lowest BCUT2D eigenvalue weighted by molar-refractivity contribution is 0.0989. The number of aromatic amines is 1. The lowest BCUT2D eigenvalue weighted by Gasteiger charge is -1.97. The maximum Gasteiger partial charge on any atom is 0.164 e. The number of ketones is 1. The average molecular weight is 237 g/mol. The van der Waals surface area contributed by atoms with E-state index < -0.39 is 0 Å². The quantitative estimate of drug-likeness (QED) is 0.655. The molecule has 0 aliphatic heterocycles. The van der Waals surface area contributed by atoms with Crippen molar-refractivity contribution in [3.63, 3.8) is 0 Å². The van der Waals surface area contributed by atoms with Crippen molar-refractivity contribution in [1.29, 1.82) is 0 Å². The summed E-state index contributed by atoms with van der Waals surface area (Å²) in [6, 6.07) is 5.51. The molecular weight excluding hydrogens is 224 g/mol. The van der Waals surface area contributed by atoms with Crippen LogP contribution in [0.15, 0.2) is 18.2 Å². The Labute approximate surface area is 98.8 Å². The Morgan fingerprint density at radius 2 is 2.31 bits per heavy atom. The van der Waals surface area contributed by atoms with Crippen molar-refractivity contribution in [3.8, 4) is 0 Å². The minimum absolute atomic E-state index is 0.0737. The molecule has 2 aromatic rings. The van der Waals surface area contributed by atoms with Crippen molar-refractivity contribution >= 4 is 28.4 Å². The van der Waals surface area contributed by atoms with Gasteiger partial charge in [0.1, 0.15) is 5.82 Å². The van der Waals surface area contributed by atoms with Crippen LogP contribution in [-0.2, 0) is 6.42 Å². The number of hydrogen-bond acceptors (Lipinski definition) is 2. The summed E-state index contributed by atoms with van der Waals surface area (Å²) in [5.74, 6) is 1.38. The minimum atomic E-state index is 0.0737. The van der Waals surface area contributed by atoms with Crippen molar-refractivity contribution < 1.29 is 4.79 Å². The third-order valence-corrected chi connectivity index (χ3v) is 2.70. The highest BCUT2D eigenvalue weighted by Gasteiger charge is 2.07. The molecule has 0 unspecified atom stereocenters. The Morgan fingerprint density at radius 3 is 3.00 bits per heavy atom. The zero-order valence-corrected chi connectivity index (χ0v) is 9.84. The Hall–Kier alpha value is -1.35. The fraction of sp³-hybridized carbons (Fsp3) is 0.333. The number of rotatable bonds is 4. The van der Waals surface area contributed by atoms with Crippen LogP contribution in [0.2, 0.25) is 0 Å². The Morgan fingerprint density at radius 1 is 1.50 bits per heavy atom. The summed E-state index contributed by atoms with van der Waals surface area (Å²) in [7, 11) is 0. The van der Waals surface area contributed by atoms with Gasteiger partial charge in [0.15, 0.2) is 5.78 Å². The van der Waals surface area contributed by atoms with E-state index in [9.17, 15) is 4.79 Å². The first-order valence-corrected chi connectivity index (χ1v) is 5.86. The number of nitrogens with one attached hydrogen (secondary N) is 1. The summed E-state index contributed by atoms with van der Waals surface area (Å²) in [6.07, 6.45) is 1.24. The van der Waals surface area contributed by atoms with Crippen LogP contribution < -0.4 is 0 Å². The molecule has 1 heterocycles. The lowest BCUT2D eigenvalue weighted by atomic mass is 10.1. The van der Waals surface area contributed by atoms with Gasteiger partial charge >= 0.3 is 0 Å². The predicted octanol–water partition coefficient (Wildman–Crippen LogP) is 2.94. The second-order valence-electron chi connectivity index (χ2n) is 3.63. The highest BCUT2D eigenvalue weighted by molar-refractivity contribution is 6.19. The first kappa shape index (κ1) is 11.1. The first-order chi connectivity index (χ1) is 7.74. The number of alkyl halides is 1. The van der Waals surface area contributed by atoms with E-state index in [1.54, 1.807) is 6.07 Å². The number of aryl methyl sites for hydroxylation is 1. The van der Waals surface area contributed by atoms with Gasteiger partial charge < -0.3 is 4.98 Å². The summed E-state index contributed by atoms with van der Waals surface area (Å²) in [5.41, 5.74) is 2.51. The van der Waals surface area contributed by atoms with E-state index in [2.05, 4.69) is 9.97 Å². The summed E-state index contributed by atoms with van der Waals surface area (Å²) in [5, 5.41) is 0. The van der Waals surface area contributed by atoms with Crippen LogP contribution in [0.5, 0.6) is 0 Å². The number of Topliss-reactive ketones (excluding diaryl/α,β-unsaturated/α-hetero) is 1. The molecule has 0 radical (unpaired) electrons. The van der Waals surface area contributed by atoms with E-state index >= 15 is 0 Å². The number of halogens is 1. The number of imidazole rings is 1. The third-order valence-electron chi connectivity index (χ3n) is 2.51. The van der Waals surface area contributed by atoms with E-state index in [4.69, 9.17) is 11.6 Å². The van der Waals surface area contributed by atoms with Crippen molar-refractivity contribution in [2.75, 3.05) is 5.88 Å². The number of benzene rings is 1. The standard InChI is InChI=1S/C12H13ClN2O/c1-2-12-14-9-4-3-8(7-10(9)15-12)11(16)5-6-13/h3-4,7H,2,5-6H2,1H3,(H,14,15). The number of carbonyl (C=O) groups excluding carboxylic acids is 1. The predicted molar refractivity (Wildman–Crippen MR) is 65.1 cm³/mol. The molecule has 0 aliphatic rings. The van der Waals surface area contributed by atoms with E-state index in [1.807, 2.05) is 19.1 Å². The minimum Gasteiger partial charge on any atom is -0.342 e. The Bertz CT molecular complexity index is 519. The number of H-pyrrole nitrogens is 1. The highest BCUT2D eigenvalue weighted by atomic mass is 35.5. The molecule has 0 spiro atoms. The number of carbonyl (C=O) groups is 1. The summed E-state index contributed by atoms with van der Waals surface area (Å²) < 4.78 is 0. The summed E-state index contributed by atoms with van der Waals surface area (Å²) in [6.45, 7) is 2.04. The molecule has 84 valence electrons. The zero-order valence-electron chi connectivity index (χ0n) is 9.09. The fourth-order valence-corrected chi connectivity index (χ4v) is 1.81. The van der Waals surface area contributed by atoms with Crippen LogP contribution >= 0.6 is 11.6 Å². The van der Waals surface area contributed by atoms with Gasteiger partial charge in [0.05, 0.1) is 11.0 Å². The monoisotopic (exact) mass is 236 g/mol. The maximum absolute atomic E-state index is 11.6. The zero-order chi connectivity index (χ0) is 11.5. The van der Waals surface area contributed by atoms with Crippen molar-refractivity contribution in [2.24, 2.45) is 0 Å². The normalized spacial score (nSPS) is 10.9. The number of nitrogens with zero attached hydrogens (tertiary/aromatic N) is 1. The second-order valence-corrected chi connectivity index (χ2v) is 4.01. The van der Waals surface area contributed by atoms with E-state index in [0.29, 0.717) is 17.9 Å². The molecule has 0 bridgehead atoms. The maximum atomic E-state index is 11.6. The average Bonchev–Trinajstić information content (AvgIpc) is 2.70. The van der Waals surface area contributed by atoms with E-state index in [1.165, 1.54) is 0 Å². The van der Waals surface area contributed by atoms with Crippen LogP contribution in [0.1, 0.15) is 29.5 Å². The molecule has 0 saturated heterocycles. The molecule has 1 N–H and O–H groups in total. The topological polar surface area (TPSA) is 45.8 Å². The van der Waals surface area contributed by atoms with Gasteiger partial charge in [0.25, 0.3) is 0 Å². The molecule has 2 rings (SSSR count). The van der Waals surface area contributed by atoms with Crippen molar-refractivity contribution in [2.45, 2.75) is 19.8 Å². The molecule has 0 saturated carbocycles. The Kier molecular flexibility index (Phi) is 3.25. The van der Waals surface area contributed by atoms with Gasteiger partial charge in [0.2, 0.25) is 0 Å². The molecule has 0 fully saturated rings. The SMILES string of the molecule is CCc1nc2ccc(C(=O)CCCl)cc2[nH]1. The lowest BCUT2D eigenvalue weighted by Crippen LogP contribution is -1.99. The largest absolute Gasteiger partial charge is 0.342 e. The number of aromatic nitrogens is 2. The van der Waals surface area contributed by atoms with Gasteiger partial charge in [-0.2, -0.15) is 0 Å². The molecule has 4 heteroatoms. The smallest absolute Gasteiger partial charge is 0.164 e. The Balaban J connectivity index is 2.39. The molecule has 1 aromatic heterocycles. The van der Waals surface area contributed by atoms with Crippen LogP contribution in [0, 0.1) is 0 Å². The molecule has 0 amide bonds. The van der Waals surface area contributed by atoms with Gasteiger partial charge in [-0.1, -0.05) is 6.92 Å². The second kappa shape index (κ2) is 4.66.